The van der Waals surface area contributed by atoms with Crippen molar-refractivity contribution in [2.75, 3.05) is 6.79 Å². The molecule has 2 amide bonds. The Balaban J connectivity index is 1.61. The first-order chi connectivity index (χ1) is 12.5. The van der Waals surface area contributed by atoms with Gasteiger partial charge in [0, 0.05) is 12.1 Å². The van der Waals surface area contributed by atoms with Gasteiger partial charge in [-0.15, -0.1) is 0 Å². The Labute approximate surface area is 152 Å². The van der Waals surface area contributed by atoms with Crippen LogP contribution in [0.1, 0.15) is 29.8 Å². The van der Waals surface area contributed by atoms with Crippen molar-refractivity contribution in [3.05, 3.63) is 59.7 Å². The van der Waals surface area contributed by atoms with Crippen molar-refractivity contribution < 1.29 is 19.1 Å². The number of amides is 2. The first kappa shape index (κ1) is 17.8. The average Bonchev–Trinajstić information content (AvgIpc) is 3.12. The van der Waals surface area contributed by atoms with Gasteiger partial charge in [-0.25, -0.2) is 0 Å². The molecule has 6 nitrogen and oxygen atoms in total. The van der Waals surface area contributed by atoms with Crippen LogP contribution in [0.3, 0.4) is 0 Å². The molecule has 136 valence electrons. The van der Waals surface area contributed by atoms with E-state index >= 15 is 0 Å². The van der Waals surface area contributed by atoms with Crippen LogP contribution in [0.15, 0.2) is 48.5 Å². The van der Waals surface area contributed by atoms with Gasteiger partial charge in [0.2, 0.25) is 12.7 Å². The van der Waals surface area contributed by atoms with E-state index in [9.17, 15) is 9.59 Å². The lowest BCUT2D eigenvalue weighted by Gasteiger charge is -2.22. The van der Waals surface area contributed by atoms with Gasteiger partial charge in [-0.05, 0) is 35.7 Å². The molecule has 1 aliphatic rings. The minimum atomic E-state index is -0.614. The number of rotatable bonds is 6. The van der Waals surface area contributed by atoms with Crippen LogP contribution in [0.5, 0.6) is 11.5 Å². The molecule has 2 aromatic carbocycles. The van der Waals surface area contributed by atoms with Crippen LogP contribution in [0, 0.1) is 5.92 Å². The van der Waals surface area contributed by atoms with E-state index in [1.807, 2.05) is 38.1 Å². The number of nitrogens with one attached hydrogen (secondary N) is 2. The fraction of sp³-hybridized carbons (Fsp3) is 0.300. The summed E-state index contributed by atoms with van der Waals surface area (Å²) in [6.07, 6.45) is 0. The zero-order chi connectivity index (χ0) is 18.5. The van der Waals surface area contributed by atoms with Crippen LogP contribution in [0.2, 0.25) is 0 Å². The van der Waals surface area contributed by atoms with Gasteiger partial charge in [-0.1, -0.05) is 38.1 Å². The summed E-state index contributed by atoms with van der Waals surface area (Å²) in [5.41, 5.74) is 1.43. The maximum atomic E-state index is 12.6. The molecule has 0 aromatic heterocycles. The normalized spacial score (nSPS) is 13.3. The SMILES string of the molecule is CC(C)[C@H](NC(=O)c1ccccc1)C(=O)NCc1ccc2c(c1)OCO2. The number of carbonyl (C=O) groups excluding carboxylic acids is 2. The van der Waals surface area contributed by atoms with Gasteiger partial charge in [0.1, 0.15) is 6.04 Å². The number of ether oxygens (including phenoxy) is 2. The van der Waals surface area contributed by atoms with Crippen LogP contribution in [0.25, 0.3) is 0 Å². The van der Waals surface area contributed by atoms with Crippen LogP contribution in [0.4, 0.5) is 0 Å². The zero-order valence-corrected chi connectivity index (χ0v) is 14.8. The summed E-state index contributed by atoms with van der Waals surface area (Å²) < 4.78 is 10.6. The number of hydrogen-bond donors (Lipinski definition) is 2. The summed E-state index contributed by atoms with van der Waals surface area (Å²) in [5, 5.41) is 5.69. The Morgan fingerprint density at radius 2 is 1.77 bits per heavy atom. The molecule has 0 fully saturated rings. The van der Waals surface area contributed by atoms with E-state index in [0.717, 1.165) is 5.56 Å². The summed E-state index contributed by atoms with van der Waals surface area (Å²) in [6.45, 7) is 4.36. The number of carbonyl (C=O) groups is 2. The molecule has 1 aliphatic heterocycles. The predicted octanol–water partition coefficient (Wildman–Crippen LogP) is 2.49. The summed E-state index contributed by atoms with van der Waals surface area (Å²) in [4.78, 5) is 24.9. The molecule has 2 N–H and O–H groups in total. The molecule has 2 aromatic rings. The van der Waals surface area contributed by atoms with Crippen LogP contribution < -0.4 is 20.1 Å². The molecule has 26 heavy (non-hydrogen) atoms. The molecule has 1 heterocycles. The molecule has 0 saturated carbocycles. The van der Waals surface area contributed by atoms with Crippen LogP contribution >= 0.6 is 0 Å². The van der Waals surface area contributed by atoms with Crippen molar-refractivity contribution in [1.29, 1.82) is 0 Å². The molecule has 6 heteroatoms. The van der Waals surface area contributed by atoms with E-state index in [0.29, 0.717) is 23.6 Å². The highest BCUT2D eigenvalue weighted by Gasteiger charge is 2.24. The summed E-state index contributed by atoms with van der Waals surface area (Å²) >= 11 is 0. The number of benzene rings is 2. The Kier molecular flexibility index (Phi) is 5.41. The largest absolute Gasteiger partial charge is 0.454 e. The van der Waals surface area contributed by atoms with E-state index in [1.165, 1.54) is 0 Å². The third-order valence-electron chi connectivity index (χ3n) is 4.18. The molecule has 0 spiro atoms. The molecule has 0 bridgehead atoms. The van der Waals surface area contributed by atoms with Crippen LogP contribution in [-0.2, 0) is 11.3 Å². The van der Waals surface area contributed by atoms with Crippen molar-refractivity contribution >= 4 is 11.8 Å². The summed E-state index contributed by atoms with van der Waals surface area (Å²) in [6, 6.07) is 13.8. The smallest absolute Gasteiger partial charge is 0.251 e. The lowest BCUT2D eigenvalue weighted by molar-refractivity contribution is -0.124. The minimum absolute atomic E-state index is 0.0422. The van der Waals surface area contributed by atoms with Crippen LogP contribution in [-0.4, -0.2) is 24.6 Å². The quantitative estimate of drug-likeness (QED) is 0.836. The second-order valence-corrected chi connectivity index (χ2v) is 6.47. The van der Waals surface area contributed by atoms with Crippen molar-refractivity contribution in [2.45, 2.75) is 26.4 Å². The van der Waals surface area contributed by atoms with Gasteiger partial charge < -0.3 is 20.1 Å². The van der Waals surface area contributed by atoms with Crippen molar-refractivity contribution in [2.24, 2.45) is 5.92 Å². The molecule has 1 atom stereocenters. The lowest BCUT2D eigenvalue weighted by atomic mass is 10.0. The average molecular weight is 354 g/mol. The van der Waals surface area contributed by atoms with E-state index in [-0.39, 0.29) is 24.5 Å². The third kappa shape index (κ3) is 4.14. The lowest BCUT2D eigenvalue weighted by Crippen LogP contribution is -2.49. The zero-order valence-electron chi connectivity index (χ0n) is 14.8. The summed E-state index contributed by atoms with van der Waals surface area (Å²) in [5.74, 6) is 0.855. The molecule has 0 radical (unpaired) electrons. The Morgan fingerprint density at radius 3 is 2.50 bits per heavy atom. The molecule has 0 aliphatic carbocycles. The van der Waals surface area contributed by atoms with E-state index in [1.54, 1.807) is 24.3 Å². The van der Waals surface area contributed by atoms with Crippen molar-refractivity contribution in [3.8, 4) is 11.5 Å². The van der Waals surface area contributed by atoms with E-state index in [2.05, 4.69) is 10.6 Å². The Morgan fingerprint density at radius 1 is 1.04 bits per heavy atom. The third-order valence-corrected chi connectivity index (χ3v) is 4.18. The molecular weight excluding hydrogens is 332 g/mol. The van der Waals surface area contributed by atoms with E-state index in [4.69, 9.17) is 9.47 Å². The van der Waals surface area contributed by atoms with Crippen molar-refractivity contribution in [1.82, 2.24) is 10.6 Å². The molecule has 0 unspecified atom stereocenters. The fourth-order valence-electron chi connectivity index (χ4n) is 2.70. The fourth-order valence-corrected chi connectivity index (χ4v) is 2.70. The standard InChI is InChI=1S/C20H22N2O4/c1-13(2)18(22-19(23)15-6-4-3-5-7-15)20(24)21-11-14-8-9-16-17(10-14)26-12-25-16/h3-10,13,18H,11-12H2,1-2H3,(H,21,24)(H,22,23)/t18-/m0/s1. The molecule has 3 rings (SSSR count). The van der Waals surface area contributed by atoms with Crippen molar-refractivity contribution in [3.63, 3.8) is 0 Å². The summed E-state index contributed by atoms with van der Waals surface area (Å²) in [7, 11) is 0. The first-order valence-corrected chi connectivity index (χ1v) is 8.57. The van der Waals surface area contributed by atoms with Gasteiger partial charge in [0.15, 0.2) is 11.5 Å². The topological polar surface area (TPSA) is 76.7 Å². The second-order valence-electron chi connectivity index (χ2n) is 6.47. The molecular formula is C20H22N2O4. The van der Waals surface area contributed by atoms with E-state index < -0.39 is 6.04 Å². The van der Waals surface area contributed by atoms with Gasteiger partial charge in [-0.3, -0.25) is 9.59 Å². The van der Waals surface area contributed by atoms with Gasteiger partial charge >= 0.3 is 0 Å². The second kappa shape index (κ2) is 7.91. The Hall–Kier alpha value is -3.02. The van der Waals surface area contributed by atoms with Gasteiger partial charge in [0.05, 0.1) is 0 Å². The maximum Gasteiger partial charge on any atom is 0.251 e. The minimum Gasteiger partial charge on any atom is -0.454 e. The highest BCUT2D eigenvalue weighted by Crippen LogP contribution is 2.32. The van der Waals surface area contributed by atoms with Gasteiger partial charge in [-0.2, -0.15) is 0 Å². The number of fused-ring (bicyclic) bond motifs is 1. The highest BCUT2D eigenvalue weighted by molar-refractivity contribution is 5.97. The monoisotopic (exact) mass is 354 g/mol. The number of hydrogen-bond acceptors (Lipinski definition) is 4. The first-order valence-electron chi connectivity index (χ1n) is 8.57. The van der Waals surface area contributed by atoms with Gasteiger partial charge in [0.25, 0.3) is 5.91 Å². The maximum absolute atomic E-state index is 12.6. The predicted molar refractivity (Wildman–Crippen MR) is 96.9 cm³/mol. The highest BCUT2D eigenvalue weighted by atomic mass is 16.7. The molecule has 0 saturated heterocycles. The Bertz CT molecular complexity index is 790.